The Labute approximate surface area is 126 Å². The molecule has 0 saturated carbocycles. The lowest BCUT2D eigenvalue weighted by Gasteiger charge is -2.04. The van der Waals surface area contributed by atoms with Gasteiger partial charge in [-0.2, -0.15) is 5.26 Å². The van der Waals surface area contributed by atoms with Crippen molar-refractivity contribution in [1.29, 1.82) is 5.26 Å². The fraction of sp³-hybridized carbons (Fsp3) is 0. The van der Waals surface area contributed by atoms with Crippen LogP contribution in [0.5, 0.6) is 0 Å². The van der Waals surface area contributed by atoms with E-state index in [1.165, 1.54) is 16.8 Å². The normalized spacial score (nSPS) is 11.1. The zero-order valence-corrected chi connectivity index (χ0v) is 11.5. The largest absolute Gasteiger partial charge is 0.355 e. The van der Waals surface area contributed by atoms with Crippen LogP contribution in [-0.4, -0.2) is 14.4 Å². The summed E-state index contributed by atoms with van der Waals surface area (Å²) in [6, 6.07) is 12.6. The third-order valence-corrected chi connectivity index (χ3v) is 3.05. The maximum Gasteiger partial charge on any atom is 0.281 e. The van der Waals surface area contributed by atoms with E-state index < -0.39 is 0 Å². The van der Waals surface area contributed by atoms with Crippen LogP contribution in [0.15, 0.2) is 66.0 Å². The summed E-state index contributed by atoms with van der Waals surface area (Å²) >= 11 is 0. The van der Waals surface area contributed by atoms with Crippen molar-refractivity contribution < 1.29 is 0 Å². The van der Waals surface area contributed by atoms with Crippen LogP contribution in [0.2, 0.25) is 0 Å². The second-order valence-corrected chi connectivity index (χ2v) is 4.43. The molecule has 0 aliphatic heterocycles. The first-order chi connectivity index (χ1) is 10.8. The minimum atomic E-state index is -0.236. The number of pyridine rings is 2. The van der Waals surface area contributed by atoms with Crippen LogP contribution in [0.25, 0.3) is 11.2 Å². The van der Waals surface area contributed by atoms with Gasteiger partial charge in [0.25, 0.3) is 5.56 Å². The molecule has 3 rings (SSSR count). The summed E-state index contributed by atoms with van der Waals surface area (Å²) in [7, 11) is 0. The van der Waals surface area contributed by atoms with Gasteiger partial charge in [-0.1, -0.05) is 12.1 Å². The van der Waals surface area contributed by atoms with Crippen molar-refractivity contribution in [3.05, 3.63) is 77.2 Å². The zero-order valence-electron chi connectivity index (χ0n) is 11.5. The molecule has 106 valence electrons. The Balaban J connectivity index is 1.97. The van der Waals surface area contributed by atoms with E-state index in [0.717, 1.165) is 0 Å². The summed E-state index contributed by atoms with van der Waals surface area (Å²) in [6.45, 7) is 0. The summed E-state index contributed by atoms with van der Waals surface area (Å²) in [5, 5.41) is 12.0. The van der Waals surface area contributed by atoms with Gasteiger partial charge in [0, 0.05) is 18.6 Å². The second-order valence-electron chi connectivity index (χ2n) is 4.43. The third-order valence-electron chi connectivity index (χ3n) is 3.05. The Kier molecular flexibility index (Phi) is 3.62. The molecule has 0 spiro atoms. The molecular weight excluding hydrogens is 278 g/mol. The number of allylic oxidation sites excluding steroid dienone is 1. The fourth-order valence-corrected chi connectivity index (χ4v) is 1.96. The van der Waals surface area contributed by atoms with Crippen LogP contribution in [0.1, 0.15) is 5.69 Å². The summed E-state index contributed by atoms with van der Waals surface area (Å²) in [5.41, 5.74) is 1.48. The van der Waals surface area contributed by atoms with Gasteiger partial charge in [0.05, 0.1) is 17.5 Å². The van der Waals surface area contributed by atoms with E-state index in [-0.39, 0.29) is 11.2 Å². The lowest BCUT2D eigenvalue weighted by atomic mass is 10.2. The Morgan fingerprint density at radius 3 is 2.86 bits per heavy atom. The van der Waals surface area contributed by atoms with E-state index in [4.69, 9.17) is 0 Å². The van der Waals surface area contributed by atoms with Gasteiger partial charge in [-0.25, -0.2) is 4.98 Å². The zero-order chi connectivity index (χ0) is 15.4. The standard InChI is InChI=1S/C16H11N5O/c17-9-12(13-5-1-3-7-18-13)10-19-14-11-20-15-6-2-4-8-21(15)16(14)22/h1-8,10-11,19H/b12-10-. The Bertz CT molecular complexity index is 938. The van der Waals surface area contributed by atoms with Crippen molar-refractivity contribution in [1.82, 2.24) is 14.4 Å². The molecule has 0 aromatic carbocycles. The predicted octanol–water partition coefficient (Wildman–Crippen LogP) is 2.07. The molecule has 0 fully saturated rings. The molecule has 3 aromatic heterocycles. The van der Waals surface area contributed by atoms with Crippen LogP contribution in [-0.2, 0) is 0 Å². The van der Waals surface area contributed by atoms with Crippen LogP contribution in [0.3, 0.4) is 0 Å². The van der Waals surface area contributed by atoms with E-state index in [0.29, 0.717) is 16.9 Å². The molecule has 0 unspecified atom stereocenters. The summed E-state index contributed by atoms with van der Waals surface area (Å²) in [4.78, 5) is 20.6. The molecular formula is C16H11N5O. The molecule has 0 bridgehead atoms. The molecule has 0 aliphatic carbocycles. The summed E-state index contributed by atoms with van der Waals surface area (Å²) < 4.78 is 1.43. The van der Waals surface area contributed by atoms with Gasteiger partial charge in [0.1, 0.15) is 17.4 Å². The van der Waals surface area contributed by atoms with E-state index in [9.17, 15) is 10.1 Å². The highest BCUT2D eigenvalue weighted by Gasteiger charge is 2.05. The average molecular weight is 289 g/mol. The van der Waals surface area contributed by atoms with E-state index >= 15 is 0 Å². The molecule has 0 radical (unpaired) electrons. The van der Waals surface area contributed by atoms with Gasteiger partial charge in [0.2, 0.25) is 0 Å². The third kappa shape index (κ3) is 2.55. The lowest BCUT2D eigenvalue weighted by molar-refractivity contribution is 1.05. The maximum absolute atomic E-state index is 12.3. The van der Waals surface area contributed by atoms with Gasteiger partial charge in [-0.15, -0.1) is 0 Å². The van der Waals surface area contributed by atoms with Crippen molar-refractivity contribution in [2.75, 3.05) is 5.32 Å². The predicted molar refractivity (Wildman–Crippen MR) is 82.9 cm³/mol. The average Bonchev–Trinajstić information content (AvgIpc) is 2.58. The molecule has 3 aromatic rings. The monoisotopic (exact) mass is 289 g/mol. The number of nitrogens with zero attached hydrogens (tertiary/aromatic N) is 4. The summed E-state index contributed by atoms with van der Waals surface area (Å²) in [5.74, 6) is 0. The van der Waals surface area contributed by atoms with Crippen molar-refractivity contribution in [3.63, 3.8) is 0 Å². The van der Waals surface area contributed by atoms with Gasteiger partial charge in [-0.3, -0.25) is 14.2 Å². The smallest absolute Gasteiger partial charge is 0.281 e. The van der Waals surface area contributed by atoms with Gasteiger partial charge in [0.15, 0.2) is 0 Å². The highest BCUT2D eigenvalue weighted by molar-refractivity contribution is 5.76. The number of hydrogen-bond acceptors (Lipinski definition) is 5. The first-order valence-electron chi connectivity index (χ1n) is 6.54. The number of fused-ring (bicyclic) bond motifs is 1. The van der Waals surface area contributed by atoms with Crippen molar-refractivity contribution in [2.24, 2.45) is 0 Å². The van der Waals surface area contributed by atoms with Crippen LogP contribution in [0.4, 0.5) is 5.69 Å². The van der Waals surface area contributed by atoms with Crippen LogP contribution < -0.4 is 10.9 Å². The van der Waals surface area contributed by atoms with E-state index in [1.807, 2.05) is 6.07 Å². The number of rotatable bonds is 3. The number of hydrogen-bond donors (Lipinski definition) is 1. The van der Waals surface area contributed by atoms with Crippen LogP contribution in [0, 0.1) is 11.3 Å². The van der Waals surface area contributed by atoms with Crippen molar-refractivity contribution >= 4 is 16.9 Å². The van der Waals surface area contributed by atoms with Gasteiger partial charge >= 0.3 is 0 Å². The van der Waals surface area contributed by atoms with Crippen LogP contribution >= 0.6 is 0 Å². The molecule has 3 heterocycles. The van der Waals surface area contributed by atoms with E-state index in [1.54, 1.807) is 42.7 Å². The van der Waals surface area contributed by atoms with E-state index in [2.05, 4.69) is 21.4 Å². The van der Waals surface area contributed by atoms with Crippen molar-refractivity contribution in [2.45, 2.75) is 0 Å². The lowest BCUT2D eigenvalue weighted by Crippen LogP contribution is -2.17. The first kappa shape index (κ1) is 13.5. The SMILES string of the molecule is N#C/C(=C/Nc1cnc2ccccn2c1=O)c1ccccn1. The fourth-order valence-electron chi connectivity index (χ4n) is 1.96. The second kappa shape index (κ2) is 5.89. The highest BCUT2D eigenvalue weighted by atomic mass is 16.1. The summed E-state index contributed by atoms with van der Waals surface area (Å²) in [6.07, 6.45) is 6.15. The Morgan fingerprint density at radius 2 is 2.09 bits per heavy atom. The molecule has 0 amide bonds. The first-order valence-corrected chi connectivity index (χ1v) is 6.54. The molecule has 0 saturated heterocycles. The topological polar surface area (TPSA) is 83.1 Å². The number of nitriles is 1. The van der Waals surface area contributed by atoms with Crippen molar-refractivity contribution in [3.8, 4) is 6.07 Å². The quantitative estimate of drug-likeness (QED) is 0.746. The Hall–Kier alpha value is -3.46. The number of aromatic nitrogens is 3. The molecule has 6 nitrogen and oxygen atoms in total. The van der Waals surface area contributed by atoms with Gasteiger partial charge < -0.3 is 5.32 Å². The highest BCUT2D eigenvalue weighted by Crippen LogP contribution is 2.10. The Morgan fingerprint density at radius 1 is 1.23 bits per heavy atom. The molecule has 0 atom stereocenters. The molecule has 0 aliphatic rings. The minimum Gasteiger partial charge on any atom is -0.355 e. The number of nitrogens with one attached hydrogen (secondary N) is 1. The minimum absolute atomic E-state index is 0.236. The van der Waals surface area contributed by atoms with Gasteiger partial charge in [-0.05, 0) is 24.3 Å². The maximum atomic E-state index is 12.3. The molecule has 6 heteroatoms. The number of anilines is 1. The molecule has 1 N–H and O–H groups in total. The molecule has 22 heavy (non-hydrogen) atoms.